The molecule has 2 aromatic carbocycles. The largest absolute Gasteiger partial charge is 0.293 e. The average molecular weight is 307 g/mol. The van der Waals surface area contributed by atoms with E-state index in [1.165, 1.54) is 4.90 Å². The average Bonchev–Trinajstić information content (AvgIpc) is 2.62. The first-order chi connectivity index (χ1) is 11.2. The molecule has 0 spiro atoms. The minimum atomic E-state index is -0.765. The van der Waals surface area contributed by atoms with Crippen LogP contribution in [-0.2, 0) is 4.79 Å². The lowest BCUT2D eigenvalue weighted by Gasteiger charge is -2.30. The van der Waals surface area contributed by atoms with Crippen LogP contribution in [0.2, 0.25) is 0 Å². The normalized spacial score (nSPS) is 17.8. The lowest BCUT2D eigenvalue weighted by atomic mass is 9.89. The molecule has 0 aromatic heterocycles. The Hall–Kier alpha value is -2.75. The topological polar surface area (TPSA) is 54.5 Å². The van der Waals surface area contributed by atoms with Crippen molar-refractivity contribution in [3.8, 4) is 0 Å². The van der Waals surface area contributed by atoms with Gasteiger partial charge in [0.25, 0.3) is 5.91 Å². The van der Waals surface area contributed by atoms with Gasteiger partial charge < -0.3 is 0 Å². The zero-order chi connectivity index (χ0) is 16.2. The minimum Gasteiger partial charge on any atom is -0.293 e. The Morgan fingerprint density at radius 3 is 2.04 bits per heavy atom. The molecule has 2 aromatic rings. The molecule has 1 heterocycles. The van der Waals surface area contributed by atoms with Crippen molar-refractivity contribution in [3.05, 3.63) is 71.8 Å². The Morgan fingerprint density at radius 2 is 1.43 bits per heavy atom. The van der Waals surface area contributed by atoms with E-state index < -0.39 is 5.92 Å². The lowest BCUT2D eigenvalue weighted by Crippen LogP contribution is -2.47. The Labute approximate surface area is 134 Å². The van der Waals surface area contributed by atoms with E-state index in [0.29, 0.717) is 30.5 Å². The molecule has 0 bridgehead atoms. The van der Waals surface area contributed by atoms with Gasteiger partial charge in [0.05, 0.1) is 0 Å². The van der Waals surface area contributed by atoms with Crippen molar-refractivity contribution in [2.75, 3.05) is 6.54 Å². The highest BCUT2D eigenvalue weighted by molar-refractivity contribution is 6.15. The van der Waals surface area contributed by atoms with Crippen LogP contribution >= 0.6 is 0 Å². The SMILES string of the molecule is O=C(c1ccccc1)C1CCCN(C(=O)c2ccccc2)C1=O. The molecule has 1 saturated heterocycles. The fraction of sp³-hybridized carbons (Fsp3) is 0.211. The molecule has 0 saturated carbocycles. The molecule has 2 amide bonds. The third-order valence-electron chi connectivity index (χ3n) is 4.08. The number of nitrogens with zero attached hydrogens (tertiary/aromatic N) is 1. The van der Waals surface area contributed by atoms with Gasteiger partial charge in [-0.2, -0.15) is 0 Å². The Bertz CT molecular complexity index is 663. The molecule has 1 unspecified atom stereocenters. The summed E-state index contributed by atoms with van der Waals surface area (Å²) in [5, 5.41) is 0. The van der Waals surface area contributed by atoms with Gasteiger partial charge in [-0.1, -0.05) is 48.5 Å². The van der Waals surface area contributed by atoms with Crippen LogP contribution in [0.1, 0.15) is 33.6 Å². The van der Waals surface area contributed by atoms with Crippen LogP contribution in [0.15, 0.2) is 60.7 Å². The fourth-order valence-corrected chi connectivity index (χ4v) is 2.86. The zero-order valence-corrected chi connectivity index (χ0v) is 12.6. The fourth-order valence-electron chi connectivity index (χ4n) is 2.86. The standard InChI is InChI=1S/C19H17NO3/c21-17(14-8-3-1-4-9-14)16-12-7-13-20(19(16)23)18(22)15-10-5-2-6-11-15/h1-6,8-11,16H,7,12-13H2. The maximum absolute atomic E-state index is 12.6. The quantitative estimate of drug-likeness (QED) is 0.498. The second-order valence-corrected chi connectivity index (χ2v) is 5.59. The van der Waals surface area contributed by atoms with Crippen LogP contribution in [0.5, 0.6) is 0 Å². The van der Waals surface area contributed by atoms with Crippen LogP contribution in [0.3, 0.4) is 0 Å². The molecule has 4 heteroatoms. The van der Waals surface area contributed by atoms with Crippen LogP contribution in [0.4, 0.5) is 0 Å². The number of carbonyl (C=O) groups excluding carboxylic acids is 3. The Balaban J connectivity index is 1.82. The molecule has 1 aliphatic heterocycles. The van der Waals surface area contributed by atoms with E-state index in [2.05, 4.69) is 0 Å². The van der Waals surface area contributed by atoms with E-state index >= 15 is 0 Å². The molecule has 0 aliphatic carbocycles. The molecule has 23 heavy (non-hydrogen) atoms. The zero-order valence-electron chi connectivity index (χ0n) is 12.6. The first-order valence-electron chi connectivity index (χ1n) is 7.68. The van der Waals surface area contributed by atoms with Gasteiger partial charge in [0.2, 0.25) is 5.91 Å². The van der Waals surface area contributed by atoms with Crippen LogP contribution in [0, 0.1) is 5.92 Å². The van der Waals surface area contributed by atoms with Gasteiger partial charge in [-0.3, -0.25) is 19.3 Å². The van der Waals surface area contributed by atoms with Gasteiger partial charge in [0.1, 0.15) is 5.92 Å². The number of imide groups is 1. The summed E-state index contributed by atoms with van der Waals surface area (Å²) in [5.41, 5.74) is 0.980. The number of piperidine rings is 1. The third-order valence-corrected chi connectivity index (χ3v) is 4.08. The summed E-state index contributed by atoms with van der Waals surface area (Å²) in [6.07, 6.45) is 1.14. The molecular weight excluding hydrogens is 290 g/mol. The van der Waals surface area contributed by atoms with E-state index in [9.17, 15) is 14.4 Å². The summed E-state index contributed by atoms with van der Waals surface area (Å²) < 4.78 is 0. The second kappa shape index (κ2) is 6.57. The van der Waals surface area contributed by atoms with Gasteiger partial charge in [-0.25, -0.2) is 0 Å². The van der Waals surface area contributed by atoms with Crippen molar-refractivity contribution in [3.63, 3.8) is 0 Å². The van der Waals surface area contributed by atoms with E-state index in [1.54, 1.807) is 48.5 Å². The summed E-state index contributed by atoms with van der Waals surface area (Å²) in [4.78, 5) is 38.9. The Kier molecular flexibility index (Phi) is 4.33. The third kappa shape index (κ3) is 3.06. The molecule has 0 N–H and O–H groups in total. The predicted molar refractivity (Wildman–Crippen MR) is 86.0 cm³/mol. The number of amides is 2. The maximum atomic E-state index is 12.6. The van der Waals surface area contributed by atoms with E-state index in [0.717, 1.165) is 0 Å². The van der Waals surface area contributed by atoms with Crippen molar-refractivity contribution in [1.82, 2.24) is 4.90 Å². The Morgan fingerprint density at radius 1 is 0.870 bits per heavy atom. The number of ketones is 1. The molecule has 1 fully saturated rings. The van der Waals surface area contributed by atoms with Crippen LogP contribution < -0.4 is 0 Å². The number of benzene rings is 2. The van der Waals surface area contributed by atoms with Gasteiger partial charge in [-0.05, 0) is 25.0 Å². The van der Waals surface area contributed by atoms with Crippen molar-refractivity contribution in [2.45, 2.75) is 12.8 Å². The molecule has 116 valence electrons. The van der Waals surface area contributed by atoms with Crippen molar-refractivity contribution in [2.24, 2.45) is 5.92 Å². The highest BCUT2D eigenvalue weighted by Gasteiger charge is 2.37. The number of Topliss-reactive ketones (excluding diaryl/α,β-unsaturated/α-hetero) is 1. The summed E-state index contributed by atoms with van der Waals surface area (Å²) in [6, 6.07) is 17.5. The number of likely N-dealkylation sites (tertiary alicyclic amines) is 1. The lowest BCUT2D eigenvalue weighted by molar-refractivity contribution is -0.133. The molecule has 4 nitrogen and oxygen atoms in total. The highest BCUT2D eigenvalue weighted by Crippen LogP contribution is 2.23. The van der Waals surface area contributed by atoms with Crippen molar-refractivity contribution >= 4 is 17.6 Å². The van der Waals surface area contributed by atoms with Crippen LogP contribution in [-0.4, -0.2) is 29.0 Å². The summed E-state index contributed by atoms with van der Waals surface area (Å²) in [5.74, 6) is -1.69. The van der Waals surface area contributed by atoms with E-state index in [4.69, 9.17) is 0 Å². The molecule has 3 rings (SSSR count). The molecule has 0 radical (unpaired) electrons. The maximum Gasteiger partial charge on any atom is 0.260 e. The number of carbonyl (C=O) groups is 3. The summed E-state index contributed by atoms with van der Waals surface area (Å²) in [6.45, 7) is 0.366. The van der Waals surface area contributed by atoms with Gasteiger partial charge in [-0.15, -0.1) is 0 Å². The van der Waals surface area contributed by atoms with Gasteiger partial charge in [0.15, 0.2) is 5.78 Å². The molecular formula is C19H17NO3. The van der Waals surface area contributed by atoms with Gasteiger partial charge in [0, 0.05) is 17.7 Å². The minimum absolute atomic E-state index is 0.207. The number of hydrogen-bond donors (Lipinski definition) is 0. The number of rotatable bonds is 3. The van der Waals surface area contributed by atoms with E-state index in [1.807, 2.05) is 12.1 Å². The first-order valence-corrected chi connectivity index (χ1v) is 7.68. The summed E-state index contributed by atoms with van der Waals surface area (Å²) >= 11 is 0. The first kappa shape index (κ1) is 15.2. The number of hydrogen-bond acceptors (Lipinski definition) is 3. The molecule has 1 atom stereocenters. The second-order valence-electron chi connectivity index (χ2n) is 5.59. The van der Waals surface area contributed by atoms with Crippen molar-refractivity contribution in [1.29, 1.82) is 0 Å². The molecule has 1 aliphatic rings. The van der Waals surface area contributed by atoms with Crippen molar-refractivity contribution < 1.29 is 14.4 Å². The van der Waals surface area contributed by atoms with E-state index in [-0.39, 0.29) is 17.6 Å². The van der Waals surface area contributed by atoms with Crippen LogP contribution in [0.25, 0.3) is 0 Å². The summed E-state index contributed by atoms with van der Waals surface area (Å²) in [7, 11) is 0. The smallest absolute Gasteiger partial charge is 0.260 e. The monoisotopic (exact) mass is 307 g/mol. The highest BCUT2D eigenvalue weighted by atomic mass is 16.2. The van der Waals surface area contributed by atoms with Gasteiger partial charge >= 0.3 is 0 Å². The predicted octanol–water partition coefficient (Wildman–Crippen LogP) is 2.95.